The Balaban J connectivity index is 1.83. The Morgan fingerprint density at radius 2 is 2.11 bits per heavy atom. The van der Waals surface area contributed by atoms with E-state index in [4.69, 9.17) is 14.1 Å². The highest BCUT2D eigenvalue weighted by atomic mass is 32.2. The Bertz CT molecular complexity index is 655. The molecule has 0 saturated carbocycles. The fourth-order valence-electron chi connectivity index (χ4n) is 2.99. The highest BCUT2D eigenvalue weighted by molar-refractivity contribution is 7.90. The van der Waals surface area contributed by atoms with Gasteiger partial charge in [0.1, 0.15) is 15.6 Å². The van der Waals surface area contributed by atoms with Crippen molar-refractivity contribution in [2.45, 2.75) is 25.8 Å². The van der Waals surface area contributed by atoms with Gasteiger partial charge in [-0.3, -0.25) is 9.89 Å². The van der Waals surface area contributed by atoms with Crippen LogP contribution in [0, 0.1) is 0 Å². The number of likely N-dealkylation sites (tertiary alicyclic amines) is 1. The van der Waals surface area contributed by atoms with Crippen LogP contribution in [0.1, 0.15) is 31.6 Å². The molecule has 8 nitrogen and oxygen atoms in total. The van der Waals surface area contributed by atoms with Crippen LogP contribution in [0.4, 0.5) is 0 Å². The maximum atomic E-state index is 11.1. The second-order valence-electron chi connectivity index (χ2n) is 6.66. The minimum Gasteiger partial charge on any atom is -0.468 e. The molecule has 9 heteroatoms. The molecule has 0 amide bonds. The van der Waals surface area contributed by atoms with Crippen molar-refractivity contribution in [2.75, 3.05) is 57.9 Å². The van der Waals surface area contributed by atoms with E-state index in [9.17, 15) is 8.42 Å². The lowest BCUT2D eigenvalue weighted by Gasteiger charge is -2.24. The molecule has 0 spiro atoms. The lowest BCUT2D eigenvalue weighted by Crippen LogP contribution is -2.40. The molecule has 1 aliphatic rings. The number of rotatable bonds is 11. The molecule has 0 aromatic carbocycles. The van der Waals surface area contributed by atoms with Crippen molar-refractivity contribution in [3.63, 3.8) is 0 Å². The zero-order chi connectivity index (χ0) is 19.5. The highest BCUT2D eigenvalue weighted by Gasteiger charge is 2.25. The van der Waals surface area contributed by atoms with Crippen LogP contribution in [0.3, 0.4) is 0 Å². The van der Waals surface area contributed by atoms with E-state index in [-0.39, 0.29) is 18.4 Å². The van der Waals surface area contributed by atoms with E-state index in [1.807, 2.05) is 19.1 Å². The zero-order valence-electron chi connectivity index (χ0n) is 16.3. The quantitative estimate of drug-likeness (QED) is 0.325. The van der Waals surface area contributed by atoms with E-state index in [1.54, 1.807) is 6.26 Å². The zero-order valence-corrected chi connectivity index (χ0v) is 17.1. The SMILES string of the molecule is CCNC(=NCC(c1ccco1)N1CCCC1)NCCOCCS(C)(=O)=O. The number of sulfone groups is 1. The van der Waals surface area contributed by atoms with Gasteiger partial charge in [0.05, 0.1) is 37.8 Å². The Morgan fingerprint density at radius 3 is 2.74 bits per heavy atom. The molecule has 1 atom stereocenters. The lowest BCUT2D eigenvalue weighted by atomic mass is 10.2. The molecule has 0 radical (unpaired) electrons. The molecule has 1 aromatic rings. The van der Waals surface area contributed by atoms with Gasteiger partial charge in [-0.1, -0.05) is 0 Å². The number of hydrogen-bond donors (Lipinski definition) is 2. The molecule has 27 heavy (non-hydrogen) atoms. The topological polar surface area (TPSA) is 96.2 Å². The van der Waals surface area contributed by atoms with Crippen molar-refractivity contribution in [3.8, 4) is 0 Å². The first-order chi connectivity index (χ1) is 13.0. The number of aliphatic imine (C=N–C) groups is 1. The summed E-state index contributed by atoms with van der Waals surface area (Å²) in [5.41, 5.74) is 0. The summed E-state index contributed by atoms with van der Waals surface area (Å²) in [6.07, 6.45) is 5.34. The maximum absolute atomic E-state index is 11.1. The summed E-state index contributed by atoms with van der Waals surface area (Å²) in [5.74, 6) is 1.71. The summed E-state index contributed by atoms with van der Waals surface area (Å²) >= 11 is 0. The first-order valence-corrected chi connectivity index (χ1v) is 11.6. The Hall–Kier alpha value is -1.58. The summed E-state index contributed by atoms with van der Waals surface area (Å²) in [6.45, 7) is 6.72. The number of ether oxygens (including phenoxy) is 1. The molecule has 2 rings (SSSR count). The summed E-state index contributed by atoms with van der Waals surface area (Å²) < 4.78 is 33.1. The Labute approximate surface area is 162 Å². The number of nitrogens with zero attached hydrogens (tertiary/aromatic N) is 2. The van der Waals surface area contributed by atoms with Crippen molar-refractivity contribution >= 4 is 15.8 Å². The van der Waals surface area contributed by atoms with Gasteiger partial charge in [0.25, 0.3) is 0 Å². The van der Waals surface area contributed by atoms with Gasteiger partial charge in [0.15, 0.2) is 5.96 Å². The largest absolute Gasteiger partial charge is 0.468 e. The lowest BCUT2D eigenvalue weighted by molar-refractivity contribution is 0.154. The van der Waals surface area contributed by atoms with Crippen molar-refractivity contribution in [2.24, 2.45) is 4.99 Å². The van der Waals surface area contributed by atoms with E-state index in [2.05, 4.69) is 15.5 Å². The third kappa shape index (κ3) is 8.32. The van der Waals surface area contributed by atoms with Gasteiger partial charge in [-0.25, -0.2) is 8.42 Å². The van der Waals surface area contributed by atoms with Crippen LogP contribution in [-0.2, 0) is 14.6 Å². The van der Waals surface area contributed by atoms with E-state index in [0.29, 0.717) is 19.7 Å². The summed E-state index contributed by atoms with van der Waals surface area (Å²) in [4.78, 5) is 7.13. The van der Waals surface area contributed by atoms with Gasteiger partial charge in [-0.15, -0.1) is 0 Å². The standard InChI is InChI=1S/C18H32N4O4S/c1-3-19-18(20-8-12-25-13-14-27(2,23)24)21-15-16(17-7-6-11-26-17)22-9-4-5-10-22/h6-7,11,16H,3-5,8-10,12-15H2,1-2H3,(H2,19,20,21). The number of hydrogen-bond acceptors (Lipinski definition) is 6. The van der Waals surface area contributed by atoms with Gasteiger partial charge in [-0.05, 0) is 45.0 Å². The molecule has 0 bridgehead atoms. The molecule has 1 aliphatic heterocycles. The van der Waals surface area contributed by atoms with Gasteiger partial charge in [0.2, 0.25) is 0 Å². The van der Waals surface area contributed by atoms with E-state index < -0.39 is 9.84 Å². The number of furan rings is 1. The van der Waals surface area contributed by atoms with Gasteiger partial charge >= 0.3 is 0 Å². The molecule has 1 aromatic heterocycles. The van der Waals surface area contributed by atoms with Crippen LogP contribution < -0.4 is 10.6 Å². The average Bonchev–Trinajstić information content (AvgIpc) is 3.31. The van der Waals surface area contributed by atoms with Crippen molar-refractivity contribution < 1.29 is 17.6 Å². The maximum Gasteiger partial charge on any atom is 0.191 e. The van der Waals surface area contributed by atoms with E-state index in [0.717, 1.165) is 31.4 Å². The second-order valence-corrected chi connectivity index (χ2v) is 8.92. The molecule has 1 saturated heterocycles. The molecule has 1 unspecified atom stereocenters. The predicted molar refractivity (Wildman–Crippen MR) is 107 cm³/mol. The van der Waals surface area contributed by atoms with Crippen LogP contribution in [0.2, 0.25) is 0 Å². The van der Waals surface area contributed by atoms with Crippen LogP contribution in [0.5, 0.6) is 0 Å². The summed E-state index contributed by atoms with van der Waals surface area (Å²) in [7, 11) is -2.98. The third-order valence-corrected chi connectivity index (χ3v) is 5.27. The molecule has 2 heterocycles. The molecular weight excluding hydrogens is 368 g/mol. The third-order valence-electron chi connectivity index (χ3n) is 4.36. The van der Waals surface area contributed by atoms with Crippen molar-refractivity contribution in [3.05, 3.63) is 24.2 Å². The molecule has 2 N–H and O–H groups in total. The average molecular weight is 401 g/mol. The first kappa shape index (κ1) is 21.7. The van der Waals surface area contributed by atoms with Gasteiger partial charge in [0, 0.05) is 19.3 Å². The van der Waals surface area contributed by atoms with Crippen molar-refractivity contribution in [1.29, 1.82) is 0 Å². The monoisotopic (exact) mass is 400 g/mol. The minimum absolute atomic E-state index is 0.0435. The van der Waals surface area contributed by atoms with Gasteiger partial charge in [-0.2, -0.15) is 0 Å². The number of guanidine groups is 1. The Kier molecular flexibility index (Phi) is 9.09. The van der Waals surface area contributed by atoms with Crippen LogP contribution >= 0.6 is 0 Å². The van der Waals surface area contributed by atoms with Crippen LogP contribution in [-0.4, -0.2) is 77.2 Å². The Morgan fingerprint density at radius 1 is 1.33 bits per heavy atom. The molecular formula is C18H32N4O4S. The summed E-state index contributed by atoms with van der Waals surface area (Å²) in [5, 5.41) is 6.45. The van der Waals surface area contributed by atoms with Crippen LogP contribution in [0.15, 0.2) is 27.8 Å². The predicted octanol–water partition coefficient (Wildman–Crippen LogP) is 1.03. The second kappa shape index (κ2) is 11.3. The highest BCUT2D eigenvalue weighted by Crippen LogP contribution is 2.25. The molecule has 154 valence electrons. The fraction of sp³-hybridized carbons (Fsp3) is 0.722. The van der Waals surface area contributed by atoms with Gasteiger partial charge < -0.3 is 19.8 Å². The molecule has 1 fully saturated rings. The van der Waals surface area contributed by atoms with E-state index >= 15 is 0 Å². The van der Waals surface area contributed by atoms with E-state index in [1.165, 1.54) is 19.1 Å². The first-order valence-electron chi connectivity index (χ1n) is 9.54. The normalized spacial score (nSPS) is 17.2. The minimum atomic E-state index is -2.98. The number of nitrogens with one attached hydrogen (secondary N) is 2. The van der Waals surface area contributed by atoms with Crippen LogP contribution in [0.25, 0.3) is 0 Å². The molecule has 0 aliphatic carbocycles. The summed E-state index contributed by atoms with van der Waals surface area (Å²) in [6, 6.07) is 4.07. The smallest absolute Gasteiger partial charge is 0.191 e. The van der Waals surface area contributed by atoms with Crippen molar-refractivity contribution in [1.82, 2.24) is 15.5 Å². The fourth-order valence-corrected chi connectivity index (χ4v) is 3.41.